The summed E-state index contributed by atoms with van der Waals surface area (Å²) in [5, 5.41) is 2.87. The topological polar surface area (TPSA) is 59.3 Å². The average molecular weight is 361 g/mol. The van der Waals surface area contributed by atoms with Gasteiger partial charge in [0.1, 0.15) is 5.75 Å². The van der Waals surface area contributed by atoms with Crippen LogP contribution in [0, 0.1) is 0 Å². The first-order valence-electron chi connectivity index (χ1n) is 8.64. The molecule has 1 amide bonds. The van der Waals surface area contributed by atoms with Crippen LogP contribution in [-0.4, -0.2) is 18.8 Å². The van der Waals surface area contributed by atoms with E-state index in [1.54, 1.807) is 67.4 Å². The fraction of sp³-hybridized carbons (Fsp3) is 0.136. The van der Waals surface area contributed by atoms with Gasteiger partial charge in [0.2, 0.25) is 6.04 Å². The molecule has 0 bridgehead atoms. The Morgan fingerprint density at radius 1 is 0.889 bits per heavy atom. The van der Waals surface area contributed by atoms with E-state index in [-0.39, 0.29) is 11.7 Å². The third kappa shape index (κ3) is 4.20. The van der Waals surface area contributed by atoms with Gasteiger partial charge < -0.3 is 10.1 Å². The zero-order valence-electron chi connectivity index (χ0n) is 15.3. The predicted octanol–water partition coefficient (Wildman–Crippen LogP) is 3.41. The lowest BCUT2D eigenvalue weighted by molar-refractivity contribution is -0.705. The number of para-hydroxylation sites is 2. The Morgan fingerprint density at radius 2 is 1.48 bits per heavy atom. The quantitative estimate of drug-likeness (QED) is 0.541. The Morgan fingerprint density at radius 3 is 2.15 bits per heavy atom. The van der Waals surface area contributed by atoms with Gasteiger partial charge in [-0.25, -0.2) is 0 Å². The summed E-state index contributed by atoms with van der Waals surface area (Å²) in [6, 6.07) is 19.4. The number of pyridine rings is 1. The number of carbonyl (C=O) groups excluding carboxylic acids is 2. The Bertz CT molecular complexity index is 937. The number of nitrogens with zero attached hydrogens (tertiary/aromatic N) is 1. The van der Waals surface area contributed by atoms with Gasteiger partial charge >= 0.3 is 0 Å². The molecule has 0 aliphatic rings. The molecule has 1 aromatic heterocycles. The zero-order chi connectivity index (χ0) is 19.2. The van der Waals surface area contributed by atoms with Crippen molar-refractivity contribution in [3.63, 3.8) is 0 Å². The van der Waals surface area contributed by atoms with E-state index >= 15 is 0 Å². The van der Waals surface area contributed by atoms with Crippen LogP contribution in [0.3, 0.4) is 0 Å². The summed E-state index contributed by atoms with van der Waals surface area (Å²) in [5.74, 6) is 0.382. The van der Waals surface area contributed by atoms with Crippen LogP contribution in [0.4, 0.5) is 5.69 Å². The molecule has 27 heavy (non-hydrogen) atoms. The van der Waals surface area contributed by atoms with Crippen molar-refractivity contribution in [2.24, 2.45) is 0 Å². The van der Waals surface area contributed by atoms with Gasteiger partial charge in [-0.05, 0) is 12.1 Å². The van der Waals surface area contributed by atoms with E-state index in [0.717, 1.165) is 0 Å². The summed E-state index contributed by atoms with van der Waals surface area (Å²) < 4.78 is 7.01. The number of hydrogen-bond acceptors (Lipinski definition) is 3. The molecule has 5 heteroatoms. The molecule has 0 saturated heterocycles. The number of amides is 1. The van der Waals surface area contributed by atoms with Gasteiger partial charge in [0, 0.05) is 30.2 Å². The Hall–Kier alpha value is -3.47. The zero-order valence-corrected chi connectivity index (χ0v) is 15.3. The van der Waals surface area contributed by atoms with Crippen LogP contribution in [0.1, 0.15) is 28.9 Å². The number of rotatable bonds is 6. The highest BCUT2D eigenvalue weighted by Crippen LogP contribution is 2.23. The second-order valence-corrected chi connectivity index (χ2v) is 6.09. The molecule has 0 radical (unpaired) electrons. The summed E-state index contributed by atoms with van der Waals surface area (Å²) in [6.07, 6.45) is 3.48. The van der Waals surface area contributed by atoms with E-state index < -0.39 is 6.04 Å². The van der Waals surface area contributed by atoms with E-state index in [0.29, 0.717) is 22.6 Å². The maximum absolute atomic E-state index is 12.6. The van der Waals surface area contributed by atoms with Crippen molar-refractivity contribution >= 4 is 17.4 Å². The number of nitrogens with one attached hydrogen (secondary N) is 1. The van der Waals surface area contributed by atoms with E-state index in [2.05, 4.69) is 5.32 Å². The first-order valence-corrected chi connectivity index (χ1v) is 8.64. The molecular formula is C22H21N2O3+. The molecule has 2 aromatic carbocycles. The van der Waals surface area contributed by atoms with Crippen molar-refractivity contribution in [3.8, 4) is 5.75 Å². The molecule has 0 unspecified atom stereocenters. The average Bonchev–Trinajstić information content (AvgIpc) is 2.73. The molecular weight excluding hydrogens is 340 g/mol. The maximum Gasteiger partial charge on any atom is 0.293 e. The maximum atomic E-state index is 12.6. The monoisotopic (exact) mass is 361 g/mol. The van der Waals surface area contributed by atoms with E-state index in [1.165, 1.54) is 0 Å². The van der Waals surface area contributed by atoms with E-state index in [1.807, 2.05) is 30.3 Å². The van der Waals surface area contributed by atoms with Crippen molar-refractivity contribution in [1.82, 2.24) is 0 Å². The molecule has 3 rings (SSSR count). The first kappa shape index (κ1) is 18.3. The lowest BCUT2D eigenvalue weighted by Gasteiger charge is -2.11. The van der Waals surface area contributed by atoms with Gasteiger partial charge in [-0.3, -0.25) is 9.59 Å². The molecule has 0 aliphatic heterocycles. The van der Waals surface area contributed by atoms with Gasteiger partial charge in [0.15, 0.2) is 18.2 Å². The van der Waals surface area contributed by atoms with Crippen LogP contribution in [-0.2, 0) is 4.79 Å². The minimum atomic E-state index is -0.448. The SMILES string of the molecule is COc1ccccc1NC(=O)[C@H](C)[n+]1ccc(C(=O)c2ccccc2)cc1. The molecule has 136 valence electrons. The Labute approximate surface area is 158 Å². The third-order valence-electron chi connectivity index (χ3n) is 4.34. The Balaban J connectivity index is 1.72. The number of anilines is 1. The van der Waals surface area contributed by atoms with Crippen LogP contribution >= 0.6 is 0 Å². The van der Waals surface area contributed by atoms with Crippen molar-refractivity contribution in [2.75, 3.05) is 12.4 Å². The van der Waals surface area contributed by atoms with Crippen LogP contribution in [0.2, 0.25) is 0 Å². The normalized spacial score (nSPS) is 11.5. The third-order valence-corrected chi connectivity index (χ3v) is 4.34. The summed E-state index contributed by atoms with van der Waals surface area (Å²) >= 11 is 0. The number of ether oxygens (including phenoxy) is 1. The van der Waals surface area contributed by atoms with E-state index in [4.69, 9.17) is 4.74 Å². The molecule has 5 nitrogen and oxygen atoms in total. The largest absolute Gasteiger partial charge is 0.495 e. The second kappa shape index (κ2) is 8.27. The standard InChI is InChI=1S/C22H20N2O3/c1-16(22(26)23-19-10-6-7-11-20(19)27-2)24-14-12-18(13-15-24)21(25)17-8-4-3-5-9-17/h3-16H,1-2H3/p+1/t16-/m0/s1. The highest BCUT2D eigenvalue weighted by molar-refractivity contribution is 6.08. The molecule has 1 N–H and O–H groups in total. The molecule has 3 aromatic rings. The lowest BCUT2D eigenvalue weighted by atomic mass is 10.0. The molecule has 0 fully saturated rings. The van der Waals surface area contributed by atoms with E-state index in [9.17, 15) is 9.59 Å². The van der Waals surface area contributed by atoms with Crippen molar-refractivity contribution in [3.05, 3.63) is 90.3 Å². The summed E-state index contributed by atoms with van der Waals surface area (Å²) in [4.78, 5) is 25.0. The van der Waals surface area contributed by atoms with Gasteiger partial charge in [-0.15, -0.1) is 0 Å². The van der Waals surface area contributed by atoms with Crippen molar-refractivity contribution in [2.45, 2.75) is 13.0 Å². The predicted molar refractivity (Wildman–Crippen MR) is 103 cm³/mol. The molecule has 1 heterocycles. The highest BCUT2D eigenvalue weighted by Gasteiger charge is 2.23. The van der Waals surface area contributed by atoms with Crippen molar-refractivity contribution in [1.29, 1.82) is 0 Å². The van der Waals surface area contributed by atoms with Gasteiger partial charge in [0.05, 0.1) is 12.8 Å². The number of hydrogen-bond donors (Lipinski definition) is 1. The fourth-order valence-electron chi connectivity index (χ4n) is 2.72. The number of aromatic nitrogens is 1. The number of carbonyl (C=O) groups is 2. The van der Waals surface area contributed by atoms with Crippen molar-refractivity contribution < 1.29 is 18.9 Å². The summed E-state index contributed by atoms with van der Waals surface area (Å²) in [7, 11) is 1.56. The van der Waals surface area contributed by atoms with Crippen LogP contribution in [0.5, 0.6) is 5.75 Å². The minimum absolute atomic E-state index is 0.0473. The first-order chi connectivity index (χ1) is 13.1. The van der Waals surface area contributed by atoms with Gasteiger partial charge in [-0.2, -0.15) is 4.57 Å². The molecule has 0 spiro atoms. The van der Waals surface area contributed by atoms with Crippen LogP contribution in [0.15, 0.2) is 79.1 Å². The molecule has 1 atom stereocenters. The fourth-order valence-corrected chi connectivity index (χ4v) is 2.72. The number of benzene rings is 2. The second-order valence-electron chi connectivity index (χ2n) is 6.09. The lowest BCUT2D eigenvalue weighted by Crippen LogP contribution is -2.44. The minimum Gasteiger partial charge on any atom is -0.495 e. The van der Waals surface area contributed by atoms with Crippen LogP contribution in [0.25, 0.3) is 0 Å². The van der Waals surface area contributed by atoms with Gasteiger partial charge in [-0.1, -0.05) is 42.5 Å². The highest BCUT2D eigenvalue weighted by atomic mass is 16.5. The summed E-state index contributed by atoms with van der Waals surface area (Å²) in [6.45, 7) is 1.80. The van der Waals surface area contributed by atoms with Crippen LogP contribution < -0.4 is 14.6 Å². The summed E-state index contributed by atoms with van der Waals surface area (Å²) in [5.41, 5.74) is 1.83. The number of methoxy groups -OCH3 is 1. The molecule has 0 aliphatic carbocycles. The smallest absolute Gasteiger partial charge is 0.293 e. The number of ketones is 1. The Kier molecular flexibility index (Phi) is 5.61. The molecule has 0 saturated carbocycles. The van der Waals surface area contributed by atoms with Gasteiger partial charge in [0.25, 0.3) is 5.91 Å².